The van der Waals surface area contributed by atoms with Gasteiger partial charge >= 0.3 is 0 Å². The molecule has 2 rings (SSSR count). The van der Waals surface area contributed by atoms with Crippen molar-refractivity contribution in [1.82, 2.24) is 14.8 Å². The molecule has 0 aliphatic carbocycles. The van der Waals surface area contributed by atoms with Crippen LogP contribution in [0, 0.1) is 0 Å². The molecular formula is C12H14N4OS. The molecule has 1 heterocycles. The van der Waals surface area contributed by atoms with Gasteiger partial charge in [-0.1, -0.05) is 42.1 Å². The minimum atomic E-state index is -0.154. The second-order valence-electron chi connectivity index (χ2n) is 3.67. The number of benzene rings is 1. The van der Waals surface area contributed by atoms with E-state index in [2.05, 4.69) is 15.4 Å². The summed E-state index contributed by atoms with van der Waals surface area (Å²) in [6.07, 6.45) is 0. The SMILES string of the molecule is CNc1nc(SCc2ccccc2)nn1C(C)=O. The predicted octanol–water partition coefficient (Wildman–Crippen LogP) is 2.27. The first-order chi connectivity index (χ1) is 8.70. The molecule has 0 radical (unpaired) electrons. The van der Waals surface area contributed by atoms with E-state index in [4.69, 9.17) is 0 Å². The Kier molecular flexibility index (Phi) is 3.99. The molecule has 0 fully saturated rings. The molecule has 1 aromatic heterocycles. The lowest BCUT2D eigenvalue weighted by atomic mass is 10.2. The van der Waals surface area contributed by atoms with Crippen molar-refractivity contribution in [3.63, 3.8) is 0 Å². The lowest BCUT2D eigenvalue weighted by molar-refractivity contribution is 0.0922. The quantitative estimate of drug-likeness (QED) is 0.856. The minimum Gasteiger partial charge on any atom is -0.357 e. The number of hydrogen-bond acceptors (Lipinski definition) is 5. The molecule has 0 aliphatic heterocycles. The van der Waals surface area contributed by atoms with Crippen LogP contribution in [-0.4, -0.2) is 27.7 Å². The summed E-state index contributed by atoms with van der Waals surface area (Å²) < 4.78 is 1.27. The Morgan fingerprint density at radius 3 is 2.67 bits per heavy atom. The van der Waals surface area contributed by atoms with Crippen molar-refractivity contribution < 1.29 is 4.79 Å². The summed E-state index contributed by atoms with van der Waals surface area (Å²) in [7, 11) is 1.72. The molecule has 0 saturated carbocycles. The predicted molar refractivity (Wildman–Crippen MR) is 71.9 cm³/mol. The van der Waals surface area contributed by atoms with Gasteiger partial charge in [0.15, 0.2) is 0 Å². The van der Waals surface area contributed by atoms with E-state index in [0.29, 0.717) is 11.1 Å². The van der Waals surface area contributed by atoms with Crippen molar-refractivity contribution in [3.05, 3.63) is 35.9 Å². The molecule has 0 unspecified atom stereocenters. The van der Waals surface area contributed by atoms with Gasteiger partial charge in [-0.15, -0.1) is 5.10 Å². The summed E-state index contributed by atoms with van der Waals surface area (Å²) in [6.45, 7) is 1.46. The lowest BCUT2D eigenvalue weighted by Crippen LogP contribution is -2.11. The first kappa shape index (κ1) is 12.6. The second kappa shape index (κ2) is 5.68. The maximum atomic E-state index is 11.3. The topological polar surface area (TPSA) is 59.8 Å². The molecule has 0 aliphatic rings. The zero-order valence-electron chi connectivity index (χ0n) is 10.3. The molecule has 1 aromatic carbocycles. The van der Waals surface area contributed by atoms with Crippen LogP contribution in [0.5, 0.6) is 0 Å². The fraction of sp³-hybridized carbons (Fsp3) is 0.250. The minimum absolute atomic E-state index is 0.154. The first-order valence-corrected chi connectivity index (χ1v) is 6.51. The smallest absolute Gasteiger partial charge is 0.247 e. The van der Waals surface area contributed by atoms with Gasteiger partial charge in [-0.3, -0.25) is 4.79 Å². The molecule has 0 saturated heterocycles. The molecule has 5 nitrogen and oxygen atoms in total. The van der Waals surface area contributed by atoms with E-state index in [1.165, 1.54) is 28.9 Å². The van der Waals surface area contributed by atoms with E-state index in [1.807, 2.05) is 30.3 Å². The summed E-state index contributed by atoms with van der Waals surface area (Å²) in [5, 5.41) is 7.60. The summed E-state index contributed by atoms with van der Waals surface area (Å²) >= 11 is 1.51. The van der Waals surface area contributed by atoms with Crippen molar-refractivity contribution >= 4 is 23.6 Å². The number of anilines is 1. The zero-order chi connectivity index (χ0) is 13.0. The van der Waals surface area contributed by atoms with Gasteiger partial charge in [-0.25, -0.2) is 0 Å². The third-order valence-electron chi connectivity index (χ3n) is 2.32. The van der Waals surface area contributed by atoms with E-state index in [1.54, 1.807) is 7.05 Å². The number of hydrogen-bond donors (Lipinski definition) is 1. The highest BCUT2D eigenvalue weighted by atomic mass is 32.2. The Hall–Kier alpha value is -1.82. The number of rotatable bonds is 4. The average Bonchev–Trinajstić information content (AvgIpc) is 2.81. The molecule has 94 valence electrons. The molecule has 0 bridgehead atoms. The van der Waals surface area contributed by atoms with Crippen LogP contribution >= 0.6 is 11.8 Å². The molecule has 2 aromatic rings. The molecule has 6 heteroatoms. The highest BCUT2D eigenvalue weighted by molar-refractivity contribution is 7.98. The molecule has 0 spiro atoms. The first-order valence-electron chi connectivity index (χ1n) is 5.53. The van der Waals surface area contributed by atoms with Gasteiger partial charge in [0.25, 0.3) is 0 Å². The standard InChI is InChI=1S/C12H14N4OS/c1-9(17)16-11(13-2)14-12(15-16)18-8-10-6-4-3-5-7-10/h3-7H,8H2,1-2H3,(H,13,14,15). The van der Waals surface area contributed by atoms with Crippen molar-refractivity contribution in [3.8, 4) is 0 Å². The number of aromatic nitrogens is 3. The van der Waals surface area contributed by atoms with Gasteiger partial charge in [0.05, 0.1) is 0 Å². The maximum absolute atomic E-state index is 11.3. The monoisotopic (exact) mass is 262 g/mol. The van der Waals surface area contributed by atoms with Gasteiger partial charge in [0, 0.05) is 19.7 Å². The largest absolute Gasteiger partial charge is 0.357 e. The van der Waals surface area contributed by atoms with Crippen LogP contribution in [0.2, 0.25) is 0 Å². The Morgan fingerprint density at radius 1 is 1.39 bits per heavy atom. The summed E-state index contributed by atoms with van der Waals surface area (Å²) in [6, 6.07) is 10.1. The molecule has 18 heavy (non-hydrogen) atoms. The average molecular weight is 262 g/mol. The van der Waals surface area contributed by atoms with Crippen molar-refractivity contribution in [2.45, 2.75) is 17.8 Å². The lowest BCUT2D eigenvalue weighted by Gasteiger charge is -1.97. The van der Waals surface area contributed by atoms with Gasteiger partial charge in [0.1, 0.15) is 0 Å². The molecular weight excluding hydrogens is 248 g/mol. The van der Waals surface area contributed by atoms with Crippen LogP contribution in [-0.2, 0) is 5.75 Å². The number of carbonyl (C=O) groups excluding carboxylic acids is 1. The summed E-state index contributed by atoms with van der Waals surface area (Å²) in [4.78, 5) is 15.6. The Morgan fingerprint density at radius 2 is 2.11 bits per heavy atom. The van der Waals surface area contributed by atoms with E-state index < -0.39 is 0 Å². The van der Waals surface area contributed by atoms with Crippen LogP contribution in [0.15, 0.2) is 35.5 Å². The fourth-order valence-electron chi connectivity index (χ4n) is 1.46. The fourth-order valence-corrected chi connectivity index (χ4v) is 2.24. The molecule has 1 N–H and O–H groups in total. The molecule has 0 amide bonds. The van der Waals surface area contributed by atoms with Crippen LogP contribution < -0.4 is 5.32 Å². The highest BCUT2D eigenvalue weighted by Crippen LogP contribution is 2.20. The van der Waals surface area contributed by atoms with Gasteiger partial charge < -0.3 is 5.32 Å². The van der Waals surface area contributed by atoms with Gasteiger partial charge in [0.2, 0.25) is 17.0 Å². The second-order valence-corrected chi connectivity index (χ2v) is 4.62. The molecule has 0 atom stereocenters. The van der Waals surface area contributed by atoms with E-state index in [0.717, 1.165) is 5.75 Å². The number of thioether (sulfide) groups is 1. The maximum Gasteiger partial charge on any atom is 0.247 e. The van der Waals surface area contributed by atoms with Crippen LogP contribution in [0.25, 0.3) is 0 Å². The van der Waals surface area contributed by atoms with Crippen molar-refractivity contribution in [2.75, 3.05) is 12.4 Å². The number of nitrogens with zero attached hydrogens (tertiary/aromatic N) is 3. The number of carbonyl (C=O) groups is 1. The van der Waals surface area contributed by atoms with Gasteiger partial charge in [-0.2, -0.15) is 9.67 Å². The van der Waals surface area contributed by atoms with E-state index in [9.17, 15) is 4.79 Å². The van der Waals surface area contributed by atoms with Crippen molar-refractivity contribution in [1.29, 1.82) is 0 Å². The third kappa shape index (κ3) is 2.89. The third-order valence-corrected chi connectivity index (χ3v) is 3.23. The Balaban J connectivity index is 2.08. The van der Waals surface area contributed by atoms with Crippen LogP contribution in [0.3, 0.4) is 0 Å². The summed E-state index contributed by atoms with van der Waals surface area (Å²) in [5.74, 6) is 1.10. The van der Waals surface area contributed by atoms with Crippen molar-refractivity contribution in [2.24, 2.45) is 0 Å². The van der Waals surface area contributed by atoms with Crippen LogP contribution in [0.1, 0.15) is 17.3 Å². The van der Waals surface area contributed by atoms with E-state index >= 15 is 0 Å². The van der Waals surface area contributed by atoms with Gasteiger partial charge in [-0.05, 0) is 5.56 Å². The zero-order valence-corrected chi connectivity index (χ0v) is 11.1. The van der Waals surface area contributed by atoms with Crippen LogP contribution in [0.4, 0.5) is 5.95 Å². The normalized spacial score (nSPS) is 10.3. The Bertz CT molecular complexity index is 538. The van der Waals surface area contributed by atoms with E-state index in [-0.39, 0.29) is 5.91 Å². The highest BCUT2D eigenvalue weighted by Gasteiger charge is 2.11. The number of nitrogens with one attached hydrogen (secondary N) is 1. The Labute approximate surface area is 110 Å². The summed E-state index contributed by atoms with van der Waals surface area (Å²) in [5.41, 5.74) is 1.20.